The Hall–Kier alpha value is -2.13. The summed E-state index contributed by atoms with van der Waals surface area (Å²) in [5.41, 5.74) is 7.53. The van der Waals surface area contributed by atoms with Gasteiger partial charge in [-0.05, 0) is 12.5 Å². The lowest BCUT2D eigenvalue weighted by molar-refractivity contribution is -0.119. The van der Waals surface area contributed by atoms with Crippen molar-refractivity contribution >= 4 is 5.91 Å². The van der Waals surface area contributed by atoms with Gasteiger partial charge in [-0.2, -0.15) is 0 Å². The maximum absolute atomic E-state index is 10.7. The number of carbonyl (C=O) groups is 1. The summed E-state index contributed by atoms with van der Waals surface area (Å²) in [7, 11) is 0. The Kier molecular flexibility index (Phi) is 6.98. The molecule has 19 heavy (non-hydrogen) atoms. The predicted octanol–water partition coefficient (Wildman–Crippen LogP) is 2.26. The highest BCUT2D eigenvalue weighted by Gasteiger charge is 1.95. The third-order valence-electron chi connectivity index (χ3n) is 2.46. The summed E-state index contributed by atoms with van der Waals surface area (Å²) in [6.45, 7) is 2.68. The number of hydrogen-bond donors (Lipinski definition) is 2. The minimum absolute atomic E-state index is 0.0484. The Balaban J connectivity index is 0.000000218. The fourth-order valence-corrected chi connectivity index (χ4v) is 1.40. The van der Waals surface area contributed by atoms with Crippen molar-refractivity contribution in [1.29, 1.82) is 0 Å². The van der Waals surface area contributed by atoms with Gasteiger partial charge in [-0.1, -0.05) is 66.2 Å². The molecule has 2 rings (SSSR count). The van der Waals surface area contributed by atoms with Gasteiger partial charge in [0.25, 0.3) is 0 Å². The molecule has 2 aromatic rings. The minimum atomic E-state index is -0.126. The van der Waals surface area contributed by atoms with Gasteiger partial charge < -0.3 is 11.1 Å². The van der Waals surface area contributed by atoms with Gasteiger partial charge in [0.1, 0.15) is 0 Å². The predicted molar refractivity (Wildman–Crippen MR) is 78.5 cm³/mol. The molecule has 0 aromatic heterocycles. The Morgan fingerprint density at radius 1 is 1.00 bits per heavy atom. The van der Waals surface area contributed by atoms with E-state index in [0.29, 0.717) is 6.54 Å². The van der Waals surface area contributed by atoms with E-state index in [9.17, 15) is 4.79 Å². The van der Waals surface area contributed by atoms with Crippen molar-refractivity contribution in [1.82, 2.24) is 5.32 Å². The van der Waals surface area contributed by atoms with Crippen LogP contribution < -0.4 is 11.1 Å². The summed E-state index contributed by atoms with van der Waals surface area (Å²) in [5.74, 6) is -0.126. The first-order chi connectivity index (χ1) is 9.22. The van der Waals surface area contributed by atoms with Gasteiger partial charge in [-0.15, -0.1) is 0 Å². The van der Waals surface area contributed by atoms with E-state index in [1.807, 2.05) is 48.5 Å². The van der Waals surface area contributed by atoms with Crippen LogP contribution >= 0.6 is 0 Å². The molecule has 0 heterocycles. The van der Waals surface area contributed by atoms with Gasteiger partial charge in [-0.25, -0.2) is 0 Å². The SMILES string of the molecule is Cc1ccccc1.NCC(=O)NCc1ccccc1. The summed E-state index contributed by atoms with van der Waals surface area (Å²) in [6, 6.07) is 20.0. The molecule has 0 atom stereocenters. The van der Waals surface area contributed by atoms with Crippen LogP contribution in [0.1, 0.15) is 11.1 Å². The third kappa shape index (κ3) is 7.01. The van der Waals surface area contributed by atoms with Gasteiger partial charge in [0, 0.05) is 6.54 Å². The number of amides is 1. The second-order valence-electron chi connectivity index (χ2n) is 4.12. The number of carbonyl (C=O) groups excluding carboxylic acids is 1. The summed E-state index contributed by atoms with van der Waals surface area (Å²) in [5, 5.41) is 2.68. The van der Waals surface area contributed by atoms with Crippen LogP contribution in [0.5, 0.6) is 0 Å². The van der Waals surface area contributed by atoms with E-state index in [1.54, 1.807) is 0 Å². The van der Waals surface area contributed by atoms with E-state index in [4.69, 9.17) is 5.73 Å². The monoisotopic (exact) mass is 256 g/mol. The Labute approximate surface area is 114 Å². The Bertz CT molecular complexity index is 469. The van der Waals surface area contributed by atoms with E-state index in [1.165, 1.54) is 5.56 Å². The molecule has 2 aromatic carbocycles. The van der Waals surface area contributed by atoms with Crippen molar-refractivity contribution in [3.63, 3.8) is 0 Å². The number of rotatable bonds is 3. The molecular formula is C16H20N2O. The van der Waals surface area contributed by atoms with Gasteiger partial charge in [0.2, 0.25) is 5.91 Å². The quantitative estimate of drug-likeness (QED) is 0.885. The molecule has 100 valence electrons. The molecule has 0 saturated heterocycles. The molecule has 0 aliphatic carbocycles. The van der Waals surface area contributed by atoms with Crippen molar-refractivity contribution in [2.45, 2.75) is 13.5 Å². The van der Waals surface area contributed by atoms with E-state index >= 15 is 0 Å². The average Bonchev–Trinajstić information content (AvgIpc) is 2.47. The van der Waals surface area contributed by atoms with Crippen LogP contribution in [0.2, 0.25) is 0 Å². The molecule has 0 spiro atoms. The smallest absolute Gasteiger partial charge is 0.234 e. The number of hydrogen-bond acceptors (Lipinski definition) is 2. The maximum Gasteiger partial charge on any atom is 0.234 e. The molecular weight excluding hydrogens is 236 g/mol. The fraction of sp³-hybridized carbons (Fsp3) is 0.188. The topological polar surface area (TPSA) is 55.1 Å². The lowest BCUT2D eigenvalue weighted by Gasteiger charge is -2.02. The van der Waals surface area contributed by atoms with Crippen LogP contribution in [0, 0.1) is 6.92 Å². The molecule has 0 aliphatic rings. The molecule has 3 N–H and O–H groups in total. The highest BCUT2D eigenvalue weighted by atomic mass is 16.1. The molecule has 0 unspecified atom stereocenters. The lowest BCUT2D eigenvalue weighted by atomic mass is 10.2. The zero-order valence-electron chi connectivity index (χ0n) is 11.2. The largest absolute Gasteiger partial charge is 0.351 e. The van der Waals surface area contributed by atoms with Gasteiger partial charge in [0.05, 0.1) is 6.54 Å². The number of nitrogens with one attached hydrogen (secondary N) is 1. The van der Waals surface area contributed by atoms with Crippen LogP contribution in [-0.4, -0.2) is 12.5 Å². The first-order valence-corrected chi connectivity index (χ1v) is 6.24. The molecule has 3 heteroatoms. The highest BCUT2D eigenvalue weighted by molar-refractivity contribution is 5.77. The summed E-state index contributed by atoms with van der Waals surface area (Å²) >= 11 is 0. The van der Waals surface area contributed by atoms with Crippen LogP contribution in [0.25, 0.3) is 0 Å². The molecule has 0 aliphatic heterocycles. The first kappa shape index (κ1) is 14.9. The first-order valence-electron chi connectivity index (χ1n) is 6.24. The van der Waals surface area contributed by atoms with Crippen LogP contribution in [0.3, 0.4) is 0 Å². The van der Waals surface area contributed by atoms with Crippen molar-refractivity contribution < 1.29 is 4.79 Å². The van der Waals surface area contributed by atoms with Crippen LogP contribution in [0.15, 0.2) is 60.7 Å². The van der Waals surface area contributed by atoms with E-state index in [-0.39, 0.29) is 12.5 Å². The number of aryl methyl sites for hydroxylation is 1. The third-order valence-corrected chi connectivity index (χ3v) is 2.46. The fourth-order valence-electron chi connectivity index (χ4n) is 1.40. The Morgan fingerprint density at radius 2 is 1.53 bits per heavy atom. The average molecular weight is 256 g/mol. The van der Waals surface area contributed by atoms with Crippen LogP contribution in [0.4, 0.5) is 0 Å². The molecule has 0 fully saturated rings. The standard InChI is InChI=1S/C9H12N2O.C7H8/c10-6-9(12)11-7-8-4-2-1-3-5-8;1-7-5-3-2-4-6-7/h1-5H,6-7,10H2,(H,11,12);2-6H,1H3. The zero-order chi connectivity index (χ0) is 13.9. The minimum Gasteiger partial charge on any atom is -0.351 e. The van der Waals surface area contributed by atoms with Crippen molar-refractivity contribution in [2.75, 3.05) is 6.54 Å². The molecule has 0 bridgehead atoms. The summed E-state index contributed by atoms with van der Waals surface area (Å²) in [4.78, 5) is 10.7. The summed E-state index contributed by atoms with van der Waals surface area (Å²) in [6.07, 6.45) is 0. The normalized spacial score (nSPS) is 9.16. The molecule has 1 amide bonds. The van der Waals surface area contributed by atoms with Crippen LogP contribution in [-0.2, 0) is 11.3 Å². The Morgan fingerprint density at radius 3 is 1.95 bits per heavy atom. The molecule has 0 radical (unpaired) electrons. The van der Waals surface area contributed by atoms with E-state index in [0.717, 1.165) is 5.56 Å². The van der Waals surface area contributed by atoms with E-state index < -0.39 is 0 Å². The van der Waals surface area contributed by atoms with Crippen molar-refractivity contribution in [3.05, 3.63) is 71.8 Å². The van der Waals surface area contributed by atoms with Gasteiger partial charge in [0.15, 0.2) is 0 Å². The zero-order valence-corrected chi connectivity index (χ0v) is 11.2. The van der Waals surface area contributed by atoms with Crippen molar-refractivity contribution in [3.8, 4) is 0 Å². The second-order valence-corrected chi connectivity index (χ2v) is 4.12. The number of benzene rings is 2. The summed E-state index contributed by atoms with van der Waals surface area (Å²) < 4.78 is 0. The van der Waals surface area contributed by atoms with Gasteiger partial charge >= 0.3 is 0 Å². The molecule has 0 saturated carbocycles. The van der Waals surface area contributed by atoms with Gasteiger partial charge in [-0.3, -0.25) is 4.79 Å². The highest BCUT2D eigenvalue weighted by Crippen LogP contribution is 1.96. The second kappa shape index (κ2) is 8.89. The maximum atomic E-state index is 10.7. The molecule has 3 nitrogen and oxygen atoms in total. The van der Waals surface area contributed by atoms with Crippen molar-refractivity contribution in [2.24, 2.45) is 5.73 Å². The lowest BCUT2D eigenvalue weighted by Crippen LogP contribution is -2.29. The van der Waals surface area contributed by atoms with E-state index in [2.05, 4.69) is 24.4 Å². The number of nitrogens with two attached hydrogens (primary N) is 1.